The molecule has 4 heteroatoms. The number of aryl methyl sites for hydroxylation is 2. The first-order valence-electron chi connectivity index (χ1n) is 7.56. The zero-order valence-electron chi connectivity index (χ0n) is 13.3. The van der Waals surface area contributed by atoms with Crippen LogP contribution in [-0.4, -0.2) is 15.8 Å². The highest BCUT2D eigenvalue weighted by atomic mass is 35.5. The Bertz CT molecular complexity index is 602. The molecule has 1 heterocycles. The van der Waals surface area contributed by atoms with Crippen molar-refractivity contribution in [1.82, 2.24) is 15.1 Å². The number of hydrogen-bond acceptors (Lipinski definition) is 2. The van der Waals surface area contributed by atoms with Crippen molar-refractivity contribution in [3.63, 3.8) is 0 Å². The third-order valence-corrected chi connectivity index (χ3v) is 3.69. The van der Waals surface area contributed by atoms with Crippen molar-refractivity contribution in [3.05, 3.63) is 40.7 Å². The van der Waals surface area contributed by atoms with Gasteiger partial charge in [0.05, 0.1) is 5.69 Å². The minimum Gasteiger partial charge on any atom is -0.310 e. The molecule has 0 saturated heterocycles. The molecule has 0 amide bonds. The van der Waals surface area contributed by atoms with Crippen LogP contribution in [0.25, 0.3) is 11.1 Å². The normalized spacial score (nSPS) is 11.3. The highest BCUT2D eigenvalue weighted by molar-refractivity contribution is 6.30. The Morgan fingerprint density at radius 2 is 2.05 bits per heavy atom. The van der Waals surface area contributed by atoms with Crippen LogP contribution in [0, 0.1) is 0 Å². The van der Waals surface area contributed by atoms with Crippen LogP contribution in [0.1, 0.15) is 38.4 Å². The summed E-state index contributed by atoms with van der Waals surface area (Å²) in [5.74, 6) is 0. The molecule has 2 rings (SSSR count). The minimum atomic E-state index is 0.456. The molecule has 0 fully saturated rings. The molecule has 1 N–H and O–H groups in total. The van der Waals surface area contributed by atoms with E-state index in [0.29, 0.717) is 6.04 Å². The molecule has 0 aliphatic rings. The number of aromatic nitrogens is 2. The molecule has 1 aromatic carbocycles. The lowest BCUT2D eigenvalue weighted by molar-refractivity contribution is 0.589. The highest BCUT2D eigenvalue weighted by Crippen LogP contribution is 2.30. The Labute approximate surface area is 132 Å². The second-order valence-corrected chi connectivity index (χ2v) is 6.19. The molecular formula is C17H24ClN3. The van der Waals surface area contributed by atoms with E-state index in [-0.39, 0.29) is 0 Å². The van der Waals surface area contributed by atoms with Gasteiger partial charge >= 0.3 is 0 Å². The van der Waals surface area contributed by atoms with Crippen LogP contribution in [0.2, 0.25) is 5.02 Å². The van der Waals surface area contributed by atoms with E-state index < -0.39 is 0 Å². The molecule has 0 saturated carbocycles. The van der Waals surface area contributed by atoms with Crippen LogP contribution >= 0.6 is 11.6 Å². The molecule has 1 aromatic heterocycles. The maximum atomic E-state index is 6.22. The first kappa shape index (κ1) is 16.1. The van der Waals surface area contributed by atoms with Gasteiger partial charge in [-0.05, 0) is 29.7 Å². The van der Waals surface area contributed by atoms with Crippen LogP contribution in [0.5, 0.6) is 0 Å². The molecule has 0 bridgehead atoms. The lowest BCUT2D eigenvalue weighted by Crippen LogP contribution is -2.22. The predicted octanol–water partition coefficient (Wildman–Crippen LogP) is 4.19. The van der Waals surface area contributed by atoms with E-state index in [1.54, 1.807) is 0 Å². The first-order chi connectivity index (χ1) is 10.0. The van der Waals surface area contributed by atoms with Crippen molar-refractivity contribution < 1.29 is 0 Å². The summed E-state index contributed by atoms with van der Waals surface area (Å²) < 4.78 is 1.89. The molecule has 21 heavy (non-hydrogen) atoms. The van der Waals surface area contributed by atoms with Gasteiger partial charge < -0.3 is 5.32 Å². The fourth-order valence-electron chi connectivity index (χ4n) is 2.45. The topological polar surface area (TPSA) is 29.9 Å². The average molecular weight is 306 g/mol. The number of nitrogens with one attached hydrogen (secondary N) is 1. The SMILES string of the molecule is CCCc1nn(C)cc1-c1cc(Cl)ccc1CNC(C)C. The van der Waals surface area contributed by atoms with Gasteiger partial charge in [0.25, 0.3) is 0 Å². The van der Waals surface area contributed by atoms with Gasteiger partial charge in [-0.3, -0.25) is 4.68 Å². The third kappa shape index (κ3) is 4.08. The molecule has 0 aliphatic carbocycles. The summed E-state index contributed by atoms with van der Waals surface area (Å²) in [5.41, 5.74) is 4.79. The summed E-state index contributed by atoms with van der Waals surface area (Å²) in [6.07, 6.45) is 4.17. The average Bonchev–Trinajstić information content (AvgIpc) is 2.78. The summed E-state index contributed by atoms with van der Waals surface area (Å²) in [6, 6.07) is 6.57. The molecule has 0 radical (unpaired) electrons. The Kier molecular flexibility index (Phi) is 5.43. The standard InChI is InChI=1S/C17H24ClN3/c1-5-6-17-16(11-21(4)20-17)15-9-14(18)8-7-13(15)10-19-12(2)3/h7-9,11-12,19H,5-6,10H2,1-4H3. The van der Waals surface area contributed by atoms with Crippen LogP contribution in [0.15, 0.2) is 24.4 Å². The Morgan fingerprint density at radius 1 is 1.29 bits per heavy atom. The van der Waals surface area contributed by atoms with E-state index >= 15 is 0 Å². The fourth-order valence-corrected chi connectivity index (χ4v) is 2.62. The second-order valence-electron chi connectivity index (χ2n) is 5.75. The van der Waals surface area contributed by atoms with Crippen molar-refractivity contribution >= 4 is 11.6 Å². The summed E-state index contributed by atoms with van der Waals surface area (Å²) in [7, 11) is 1.97. The molecule has 114 valence electrons. The van der Waals surface area contributed by atoms with E-state index in [2.05, 4.69) is 49.5 Å². The smallest absolute Gasteiger partial charge is 0.0702 e. The second kappa shape index (κ2) is 7.10. The van der Waals surface area contributed by atoms with Gasteiger partial charge in [0.15, 0.2) is 0 Å². The maximum Gasteiger partial charge on any atom is 0.0702 e. The lowest BCUT2D eigenvalue weighted by atomic mass is 9.98. The fraction of sp³-hybridized carbons (Fsp3) is 0.471. The van der Waals surface area contributed by atoms with Crippen molar-refractivity contribution in [3.8, 4) is 11.1 Å². The quantitative estimate of drug-likeness (QED) is 0.867. The zero-order chi connectivity index (χ0) is 15.4. The summed E-state index contributed by atoms with van der Waals surface area (Å²) in [6.45, 7) is 7.33. The predicted molar refractivity (Wildman–Crippen MR) is 89.6 cm³/mol. The van der Waals surface area contributed by atoms with Gasteiger partial charge in [-0.2, -0.15) is 5.10 Å². The number of benzene rings is 1. The lowest BCUT2D eigenvalue weighted by Gasteiger charge is -2.13. The van der Waals surface area contributed by atoms with E-state index in [4.69, 9.17) is 11.6 Å². The molecule has 0 aliphatic heterocycles. The molecule has 0 unspecified atom stereocenters. The van der Waals surface area contributed by atoms with E-state index in [9.17, 15) is 0 Å². The molecule has 0 atom stereocenters. The monoisotopic (exact) mass is 305 g/mol. The summed E-state index contributed by atoms with van der Waals surface area (Å²) in [5, 5.41) is 8.84. The van der Waals surface area contributed by atoms with Gasteiger partial charge in [-0.15, -0.1) is 0 Å². The number of hydrogen-bond donors (Lipinski definition) is 1. The van der Waals surface area contributed by atoms with Gasteiger partial charge in [0.2, 0.25) is 0 Å². The molecular weight excluding hydrogens is 282 g/mol. The van der Waals surface area contributed by atoms with Crippen molar-refractivity contribution in [2.24, 2.45) is 7.05 Å². The van der Waals surface area contributed by atoms with E-state index in [1.165, 1.54) is 16.7 Å². The first-order valence-corrected chi connectivity index (χ1v) is 7.93. The number of halogens is 1. The van der Waals surface area contributed by atoms with Crippen LogP contribution in [-0.2, 0) is 20.0 Å². The molecule has 3 nitrogen and oxygen atoms in total. The van der Waals surface area contributed by atoms with Crippen LogP contribution < -0.4 is 5.32 Å². The largest absolute Gasteiger partial charge is 0.310 e. The van der Waals surface area contributed by atoms with Gasteiger partial charge in [0, 0.05) is 36.4 Å². The third-order valence-electron chi connectivity index (χ3n) is 3.45. The molecule has 0 spiro atoms. The zero-order valence-corrected chi connectivity index (χ0v) is 14.0. The summed E-state index contributed by atoms with van der Waals surface area (Å²) in [4.78, 5) is 0. The number of nitrogens with zero attached hydrogens (tertiary/aromatic N) is 2. The summed E-state index contributed by atoms with van der Waals surface area (Å²) >= 11 is 6.22. The Hall–Kier alpha value is -1.32. The van der Waals surface area contributed by atoms with Crippen molar-refractivity contribution in [2.45, 2.75) is 46.2 Å². The molecule has 2 aromatic rings. The van der Waals surface area contributed by atoms with Gasteiger partial charge in [-0.25, -0.2) is 0 Å². The van der Waals surface area contributed by atoms with Gasteiger partial charge in [-0.1, -0.05) is 44.9 Å². The van der Waals surface area contributed by atoms with Crippen molar-refractivity contribution in [1.29, 1.82) is 0 Å². The number of rotatable bonds is 6. The Morgan fingerprint density at radius 3 is 2.71 bits per heavy atom. The Balaban J connectivity index is 2.43. The van der Waals surface area contributed by atoms with Crippen molar-refractivity contribution in [2.75, 3.05) is 0 Å². The maximum absolute atomic E-state index is 6.22. The van der Waals surface area contributed by atoms with Gasteiger partial charge in [0.1, 0.15) is 0 Å². The van der Waals surface area contributed by atoms with Crippen LogP contribution in [0.3, 0.4) is 0 Å². The minimum absolute atomic E-state index is 0.456. The highest BCUT2D eigenvalue weighted by Gasteiger charge is 2.13. The van der Waals surface area contributed by atoms with Crippen LogP contribution in [0.4, 0.5) is 0 Å². The van der Waals surface area contributed by atoms with E-state index in [0.717, 1.165) is 30.1 Å². The van der Waals surface area contributed by atoms with E-state index in [1.807, 2.05) is 17.8 Å².